The van der Waals surface area contributed by atoms with Crippen LogP contribution >= 0.6 is 0 Å². The van der Waals surface area contributed by atoms with Gasteiger partial charge in [0.15, 0.2) is 0 Å². The molecule has 3 N–H and O–H groups in total. The van der Waals surface area contributed by atoms with Crippen LogP contribution in [0.4, 0.5) is 0 Å². The summed E-state index contributed by atoms with van der Waals surface area (Å²) in [5, 5.41) is 9.48. The summed E-state index contributed by atoms with van der Waals surface area (Å²) in [6.45, 7) is 1.84. The summed E-state index contributed by atoms with van der Waals surface area (Å²) in [4.78, 5) is 0. The van der Waals surface area contributed by atoms with E-state index in [1.807, 2.05) is 0 Å². The molecule has 1 rings (SSSR count). The summed E-state index contributed by atoms with van der Waals surface area (Å²) in [7, 11) is 0. The first-order valence-corrected chi connectivity index (χ1v) is 3.35. The van der Waals surface area contributed by atoms with Gasteiger partial charge in [0.2, 0.25) is 0 Å². The quantitative estimate of drug-likeness (QED) is 0.485. The Morgan fingerprint density at radius 2 is 1.80 bits per heavy atom. The summed E-state index contributed by atoms with van der Waals surface area (Å²) in [5.41, 5.74) is 4.34. The second kappa shape index (κ2) is 3.30. The van der Waals surface area contributed by atoms with Gasteiger partial charge >= 0.3 is 0 Å². The van der Waals surface area contributed by atoms with Crippen LogP contribution in [0.1, 0.15) is 0 Å². The SMILES string of the molecule is NCC1(O)COCCOC1. The van der Waals surface area contributed by atoms with Gasteiger partial charge in [-0.15, -0.1) is 0 Å². The van der Waals surface area contributed by atoms with Gasteiger partial charge in [-0.25, -0.2) is 0 Å². The molecule has 4 heteroatoms. The van der Waals surface area contributed by atoms with Gasteiger partial charge in [-0.3, -0.25) is 0 Å². The monoisotopic (exact) mass is 147 g/mol. The Hall–Kier alpha value is -0.160. The van der Waals surface area contributed by atoms with Gasteiger partial charge in [-0.1, -0.05) is 0 Å². The Morgan fingerprint density at radius 1 is 1.30 bits per heavy atom. The van der Waals surface area contributed by atoms with E-state index in [0.29, 0.717) is 13.2 Å². The van der Waals surface area contributed by atoms with Crippen LogP contribution in [-0.4, -0.2) is 43.7 Å². The minimum absolute atomic E-state index is 0.188. The molecule has 60 valence electrons. The van der Waals surface area contributed by atoms with Crippen molar-refractivity contribution in [3.63, 3.8) is 0 Å². The maximum Gasteiger partial charge on any atom is 0.123 e. The lowest BCUT2D eigenvalue weighted by Crippen LogP contribution is -2.45. The zero-order valence-corrected chi connectivity index (χ0v) is 5.88. The Kier molecular flexibility index (Phi) is 2.62. The summed E-state index contributed by atoms with van der Waals surface area (Å²) < 4.78 is 10.1. The highest BCUT2D eigenvalue weighted by Crippen LogP contribution is 2.06. The van der Waals surface area contributed by atoms with Crippen molar-refractivity contribution < 1.29 is 14.6 Å². The third-order valence-corrected chi connectivity index (χ3v) is 1.49. The number of aliphatic hydroxyl groups is 1. The molecule has 0 spiro atoms. The predicted molar refractivity (Wildman–Crippen MR) is 35.6 cm³/mol. The highest BCUT2D eigenvalue weighted by Gasteiger charge is 2.27. The van der Waals surface area contributed by atoms with E-state index in [1.165, 1.54) is 0 Å². The van der Waals surface area contributed by atoms with Crippen LogP contribution in [0, 0.1) is 0 Å². The van der Waals surface area contributed by atoms with E-state index in [1.54, 1.807) is 0 Å². The maximum atomic E-state index is 9.48. The first-order valence-electron chi connectivity index (χ1n) is 3.35. The van der Waals surface area contributed by atoms with Crippen molar-refractivity contribution in [1.29, 1.82) is 0 Å². The fourth-order valence-electron chi connectivity index (χ4n) is 0.802. The Morgan fingerprint density at radius 3 is 2.20 bits per heavy atom. The van der Waals surface area contributed by atoms with Crippen LogP contribution in [0.3, 0.4) is 0 Å². The molecule has 0 aliphatic carbocycles. The van der Waals surface area contributed by atoms with Crippen molar-refractivity contribution in [3.05, 3.63) is 0 Å². The Bertz CT molecular complexity index is 99.2. The van der Waals surface area contributed by atoms with Crippen LogP contribution < -0.4 is 5.73 Å². The normalized spacial score (nSPS) is 25.8. The molecule has 0 radical (unpaired) electrons. The standard InChI is InChI=1S/C6H13NO3/c7-3-6(8)4-9-1-2-10-5-6/h8H,1-5,7H2. The molecule has 0 unspecified atom stereocenters. The third kappa shape index (κ3) is 1.91. The molecule has 1 heterocycles. The smallest absolute Gasteiger partial charge is 0.123 e. The predicted octanol–water partition coefficient (Wildman–Crippen LogP) is -1.28. The molecule has 4 nitrogen and oxygen atoms in total. The second-order valence-electron chi connectivity index (χ2n) is 2.53. The first kappa shape index (κ1) is 7.94. The highest BCUT2D eigenvalue weighted by atomic mass is 16.6. The molecule has 0 amide bonds. The van der Waals surface area contributed by atoms with E-state index < -0.39 is 5.60 Å². The molecule has 1 aliphatic rings. The van der Waals surface area contributed by atoms with Crippen LogP contribution in [0.15, 0.2) is 0 Å². The van der Waals surface area contributed by atoms with E-state index in [0.717, 1.165) is 0 Å². The van der Waals surface area contributed by atoms with Crippen molar-refractivity contribution in [1.82, 2.24) is 0 Å². The number of ether oxygens (including phenoxy) is 2. The van der Waals surface area contributed by atoms with Gasteiger partial charge in [0.05, 0.1) is 26.4 Å². The number of hydrogen-bond acceptors (Lipinski definition) is 4. The lowest BCUT2D eigenvalue weighted by Gasteiger charge is -2.22. The fourth-order valence-corrected chi connectivity index (χ4v) is 0.802. The van der Waals surface area contributed by atoms with Crippen LogP contribution in [0.2, 0.25) is 0 Å². The van der Waals surface area contributed by atoms with Crippen molar-refractivity contribution in [2.24, 2.45) is 5.73 Å². The van der Waals surface area contributed by atoms with Crippen molar-refractivity contribution in [2.45, 2.75) is 5.60 Å². The van der Waals surface area contributed by atoms with Gasteiger partial charge in [-0.05, 0) is 0 Å². The molecule has 0 atom stereocenters. The highest BCUT2D eigenvalue weighted by molar-refractivity contribution is 4.79. The lowest BCUT2D eigenvalue weighted by molar-refractivity contribution is -0.0474. The van der Waals surface area contributed by atoms with Gasteiger partial charge in [-0.2, -0.15) is 0 Å². The fraction of sp³-hybridized carbons (Fsp3) is 1.00. The summed E-state index contributed by atoms with van der Waals surface area (Å²) >= 11 is 0. The number of hydrogen-bond donors (Lipinski definition) is 2. The minimum atomic E-state index is -0.962. The molecule has 1 saturated heterocycles. The molecular formula is C6H13NO3. The molecule has 0 aromatic heterocycles. The van der Waals surface area contributed by atoms with E-state index in [2.05, 4.69) is 0 Å². The summed E-state index contributed by atoms with van der Waals surface area (Å²) in [6, 6.07) is 0. The second-order valence-corrected chi connectivity index (χ2v) is 2.53. The summed E-state index contributed by atoms with van der Waals surface area (Å²) in [5.74, 6) is 0. The molecule has 0 aromatic rings. The average molecular weight is 147 g/mol. The topological polar surface area (TPSA) is 64.7 Å². The van der Waals surface area contributed by atoms with Gasteiger partial charge in [0.1, 0.15) is 5.60 Å². The van der Waals surface area contributed by atoms with E-state index in [9.17, 15) is 5.11 Å². The van der Waals surface area contributed by atoms with Crippen LogP contribution in [0.25, 0.3) is 0 Å². The molecule has 0 aromatic carbocycles. The number of rotatable bonds is 1. The lowest BCUT2D eigenvalue weighted by atomic mass is 10.1. The van der Waals surface area contributed by atoms with Crippen molar-refractivity contribution in [2.75, 3.05) is 33.0 Å². The van der Waals surface area contributed by atoms with E-state index in [4.69, 9.17) is 15.2 Å². The Labute approximate surface area is 59.9 Å². The third-order valence-electron chi connectivity index (χ3n) is 1.49. The van der Waals surface area contributed by atoms with Gasteiger partial charge in [0.25, 0.3) is 0 Å². The van der Waals surface area contributed by atoms with Crippen molar-refractivity contribution >= 4 is 0 Å². The van der Waals surface area contributed by atoms with Crippen LogP contribution in [0.5, 0.6) is 0 Å². The van der Waals surface area contributed by atoms with Crippen LogP contribution in [-0.2, 0) is 9.47 Å². The molecule has 1 aliphatic heterocycles. The largest absolute Gasteiger partial charge is 0.384 e. The Balaban J connectivity index is 2.41. The zero-order chi connectivity index (χ0) is 7.45. The molecule has 1 fully saturated rings. The van der Waals surface area contributed by atoms with E-state index in [-0.39, 0.29) is 19.8 Å². The van der Waals surface area contributed by atoms with Gasteiger partial charge in [0, 0.05) is 6.54 Å². The van der Waals surface area contributed by atoms with Crippen molar-refractivity contribution in [3.8, 4) is 0 Å². The first-order chi connectivity index (χ1) is 4.77. The minimum Gasteiger partial charge on any atom is -0.384 e. The molecule has 10 heavy (non-hydrogen) atoms. The maximum absolute atomic E-state index is 9.48. The zero-order valence-electron chi connectivity index (χ0n) is 5.88. The van der Waals surface area contributed by atoms with Gasteiger partial charge < -0.3 is 20.3 Å². The molecular weight excluding hydrogens is 134 g/mol. The molecule has 0 bridgehead atoms. The summed E-state index contributed by atoms with van der Waals surface area (Å²) in [6.07, 6.45) is 0. The number of nitrogens with two attached hydrogens (primary N) is 1. The average Bonchev–Trinajstić information content (AvgIpc) is 2.15. The molecule has 0 saturated carbocycles. The van der Waals surface area contributed by atoms with E-state index >= 15 is 0 Å².